The fourth-order valence-corrected chi connectivity index (χ4v) is 2.80. The standard InChI is InChI=1S/C11H16N2O4S.2C2H6/c1-7(14)3-5-18-8-6-10(16)13(11(8)17)4-2-9(12)15;2*1-2/h8H,2-6H2,1H3,(H2,12,15);2*1-2H3. The van der Waals surface area contributed by atoms with Crippen LogP contribution in [-0.2, 0) is 19.2 Å². The van der Waals surface area contributed by atoms with Crippen LogP contribution in [-0.4, -0.2) is 46.0 Å². The molecule has 6 nitrogen and oxygen atoms in total. The number of Topliss-reactive ketones (excluding diaryl/α,β-unsaturated/α-hetero) is 1. The van der Waals surface area contributed by atoms with Crippen LogP contribution in [0.1, 0.15) is 53.9 Å². The van der Waals surface area contributed by atoms with Gasteiger partial charge in [0.2, 0.25) is 17.7 Å². The molecule has 2 N–H and O–H groups in total. The molecule has 0 aromatic carbocycles. The van der Waals surface area contributed by atoms with E-state index in [1.807, 2.05) is 27.7 Å². The van der Waals surface area contributed by atoms with Crippen LogP contribution < -0.4 is 5.73 Å². The maximum Gasteiger partial charge on any atom is 0.242 e. The molecular formula is C15H28N2O4S. The molecule has 0 aliphatic carbocycles. The first-order valence-corrected chi connectivity index (χ1v) is 8.70. The topological polar surface area (TPSA) is 97.5 Å². The molecule has 0 saturated carbocycles. The van der Waals surface area contributed by atoms with Crippen LogP contribution in [0.25, 0.3) is 0 Å². The van der Waals surface area contributed by atoms with Crippen molar-refractivity contribution in [3.05, 3.63) is 0 Å². The minimum absolute atomic E-state index is 0.0116. The Morgan fingerprint density at radius 1 is 1.18 bits per heavy atom. The van der Waals surface area contributed by atoms with E-state index in [9.17, 15) is 19.2 Å². The van der Waals surface area contributed by atoms with Crippen LogP contribution in [0.4, 0.5) is 0 Å². The van der Waals surface area contributed by atoms with Gasteiger partial charge in [0.25, 0.3) is 0 Å². The minimum atomic E-state index is -0.539. The van der Waals surface area contributed by atoms with Crippen LogP contribution in [0.5, 0.6) is 0 Å². The van der Waals surface area contributed by atoms with Gasteiger partial charge in [-0.3, -0.25) is 24.1 Å². The number of likely N-dealkylation sites (tertiary alicyclic amines) is 1. The van der Waals surface area contributed by atoms with Gasteiger partial charge in [0.15, 0.2) is 0 Å². The lowest BCUT2D eigenvalue weighted by atomic mass is 10.3. The van der Waals surface area contributed by atoms with Gasteiger partial charge in [-0.15, -0.1) is 11.8 Å². The van der Waals surface area contributed by atoms with Crippen molar-refractivity contribution in [2.75, 3.05) is 12.3 Å². The number of ketones is 1. The summed E-state index contributed by atoms with van der Waals surface area (Å²) in [4.78, 5) is 45.9. The zero-order valence-corrected chi connectivity index (χ0v) is 15.0. The van der Waals surface area contributed by atoms with Gasteiger partial charge in [0, 0.05) is 31.6 Å². The molecule has 0 bridgehead atoms. The Labute approximate surface area is 137 Å². The maximum absolute atomic E-state index is 11.9. The highest BCUT2D eigenvalue weighted by Crippen LogP contribution is 2.25. The van der Waals surface area contributed by atoms with Crippen LogP contribution in [0.3, 0.4) is 0 Å². The van der Waals surface area contributed by atoms with Gasteiger partial charge in [-0.05, 0) is 6.92 Å². The first-order chi connectivity index (χ1) is 10.4. The van der Waals surface area contributed by atoms with E-state index in [1.54, 1.807) is 0 Å². The van der Waals surface area contributed by atoms with Crippen molar-refractivity contribution in [1.29, 1.82) is 0 Å². The molecule has 0 aromatic heterocycles. The van der Waals surface area contributed by atoms with Gasteiger partial charge < -0.3 is 5.73 Å². The van der Waals surface area contributed by atoms with E-state index >= 15 is 0 Å². The number of hydrogen-bond donors (Lipinski definition) is 1. The molecule has 22 heavy (non-hydrogen) atoms. The second-order valence-corrected chi connectivity index (χ2v) is 5.43. The maximum atomic E-state index is 11.9. The summed E-state index contributed by atoms with van der Waals surface area (Å²) in [5.74, 6) is -0.507. The third-order valence-corrected chi connectivity index (χ3v) is 3.77. The van der Waals surface area contributed by atoms with E-state index in [0.29, 0.717) is 12.2 Å². The molecule has 1 unspecified atom stereocenters. The van der Waals surface area contributed by atoms with Gasteiger partial charge in [-0.2, -0.15) is 0 Å². The molecule has 0 radical (unpaired) electrons. The number of imide groups is 1. The zero-order chi connectivity index (χ0) is 17.7. The Bertz CT molecular complexity index is 386. The molecule has 1 heterocycles. The quantitative estimate of drug-likeness (QED) is 0.716. The second kappa shape index (κ2) is 13.3. The monoisotopic (exact) mass is 332 g/mol. The number of nitrogens with two attached hydrogens (primary N) is 1. The van der Waals surface area contributed by atoms with E-state index in [0.717, 1.165) is 4.90 Å². The number of thioether (sulfide) groups is 1. The van der Waals surface area contributed by atoms with E-state index in [1.165, 1.54) is 18.7 Å². The number of carbonyl (C=O) groups is 4. The second-order valence-electron chi connectivity index (χ2n) is 4.12. The van der Waals surface area contributed by atoms with Crippen LogP contribution in [0.2, 0.25) is 0 Å². The lowest BCUT2D eigenvalue weighted by Crippen LogP contribution is -2.34. The Morgan fingerprint density at radius 3 is 2.18 bits per heavy atom. The summed E-state index contributed by atoms with van der Waals surface area (Å²) < 4.78 is 0. The molecule has 3 amide bonds. The van der Waals surface area contributed by atoms with E-state index in [4.69, 9.17) is 5.73 Å². The molecule has 1 aliphatic rings. The van der Waals surface area contributed by atoms with Gasteiger partial charge in [-0.1, -0.05) is 27.7 Å². The first-order valence-electron chi connectivity index (χ1n) is 7.65. The van der Waals surface area contributed by atoms with Crippen LogP contribution >= 0.6 is 11.8 Å². The molecule has 1 fully saturated rings. The first kappa shape index (κ1) is 22.9. The number of nitrogens with zero attached hydrogens (tertiary/aromatic N) is 1. The molecule has 1 saturated heterocycles. The Balaban J connectivity index is 0. The fourth-order valence-electron chi connectivity index (χ4n) is 1.58. The number of hydrogen-bond acceptors (Lipinski definition) is 5. The van der Waals surface area contributed by atoms with Crippen molar-refractivity contribution in [2.24, 2.45) is 5.73 Å². The van der Waals surface area contributed by atoms with E-state index < -0.39 is 11.2 Å². The van der Waals surface area contributed by atoms with E-state index in [2.05, 4.69) is 0 Å². The fraction of sp³-hybridized carbons (Fsp3) is 0.733. The Hall–Kier alpha value is -1.37. The zero-order valence-electron chi connectivity index (χ0n) is 14.2. The smallest absolute Gasteiger partial charge is 0.242 e. The van der Waals surface area contributed by atoms with Crippen molar-refractivity contribution in [2.45, 2.75) is 59.1 Å². The molecule has 0 aromatic rings. The summed E-state index contributed by atoms with van der Waals surface area (Å²) in [6, 6.07) is 0. The number of carbonyl (C=O) groups excluding carboxylic acids is 4. The molecule has 0 spiro atoms. The molecule has 7 heteroatoms. The summed E-state index contributed by atoms with van der Waals surface area (Å²) in [6.07, 6.45) is 0.520. The largest absolute Gasteiger partial charge is 0.370 e. The molecule has 128 valence electrons. The SMILES string of the molecule is CC.CC.CC(=O)CCSC1CC(=O)N(CCC(N)=O)C1=O. The highest BCUT2D eigenvalue weighted by atomic mass is 32.2. The number of amides is 3. The van der Waals surface area contributed by atoms with Gasteiger partial charge in [-0.25, -0.2) is 0 Å². The summed E-state index contributed by atoms with van der Waals surface area (Å²) in [6.45, 7) is 9.54. The third-order valence-electron chi connectivity index (χ3n) is 2.56. The summed E-state index contributed by atoms with van der Waals surface area (Å²) in [5.41, 5.74) is 4.98. The summed E-state index contributed by atoms with van der Waals surface area (Å²) in [7, 11) is 0. The van der Waals surface area contributed by atoms with Crippen molar-refractivity contribution in [1.82, 2.24) is 4.90 Å². The highest BCUT2D eigenvalue weighted by molar-refractivity contribution is 8.00. The average Bonchev–Trinajstić information content (AvgIpc) is 2.75. The Kier molecular flexibility index (Phi) is 13.9. The number of rotatable bonds is 7. The van der Waals surface area contributed by atoms with Gasteiger partial charge >= 0.3 is 0 Å². The lowest BCUT2D eigenvalue weighted by Gasteiger charge is -2.13. The normalized spacial score (nSPS) is 16.4. The van der Waals surface area contributed by atoms with E-state index in [-0.39, 0.29) is 37.0 Å². The van der Waals surface area contributed by atoms with Crippen LogP contribution in [0, 0.1) is 0 Å². The number of primary amides is 1. The van der Waals surface area contributed by atoms with Gasteiger partial charge in [0.1, 0.15) is 5.78 Å². The average molecular weight is 332 g/mol. The third kappa shape index (κ3) is 8.81. The van der Waals surface area contributed by atoms with Gasteiger partial charge in [0.05, 0.1) is 5.25 Å². The highest BCUT2D eigenvalue weighted by Gasteiger charge is 2.38. The summed E-state index contributed by atoms with van der Waals surface area (Å²) in [5, 5.41) is -0.426. The summed E-state index contributed by atoms with van der Waals surface area (Å²) >= 11 is 1.31. The van der Waals surface area contributed by atoms with Crippen molar-refractivity contribution < 1.29 is 19.2 Å². The predicted octanol–water partition coefficient (Wildman–Crippen LogP) is 1.75. The van der Waals surface area contributed by atoms with Crippen molar-refractivity contribution in [3.63, 3.8) is 0 Å². The van der Waals surface area contributed by atoms with Crippen molar-refractivity contribution in [3.8, 4) is 0 Å². The molecule has 1 rings (SSSR count). The minimum Gasteiger partial charge on any atom is -0.370 e. The van der Waals surface area contributed by atoms with Crippen LogP contribution in [0.15, 0.2) is 0 Å². The van der Waals surface area contributed by atoms with Crippen molar-refractivity contribution >= 4 is 35.3 Å². The Morgan fingerprint density at radius 2 is 1.73 bits per heavy atom. The molecule has 1 atom stereocenters. The lowest BCUT2D eigenvalue weighted by molar-refractivity contribution is -0.138. The predicted molar refractivity (Wildman–Crippen MR) is 89.4 cm³/mol. The molecular weight excluding hydrogens is 304 g/mol. The molecule has 1 aliphatic heterocycles.